The summed E-state index contributed by atoms with van der Waals surface area (Å²) in [5.74, 6) is 0. The van der Waals surface area contributed by atoms with Gasteiger partial charge in [-0.25, -0.2) is 0 Å². The second-order valence-corrected chi connectivity index (χ2v) is 4.92. The monoisotopic (exact) mass is 247 g/mol. The number of hydrogen-bond donors (Lipinski definition) is 2. The largest absolute Gasteiger partial charge is 0.394 e. The molecule has 100 valence electrons. The van der Waals surface area contributed by atoms with E-state index in [1.165, 1.54) is 12.8 Å². The zero-order valence-corrected chi connectivity index (χ0v) is 11.4. The van der Waals surface area contributed by atoms with Crippen LogP contribution in [-0.2, 0) is 5.54 Å². The summed E-state index contributed by atoms with van der Waals surface area (Å²) in [5.41, 5.74) is 0.804. The van der Waals surface area contributed by atoms with Gasteiger partial charge in [-0.3, -0.25) is 0 Å². The first-order chi connectivity index (χ1) is 8.73. The van der Waals surface area contributed by atoms with E-state index in [1.807, 2.05) is 31.2 Å². The molecule has 0 bridgehead atoms. The van der Waals surface area contributed by atoms with E-state index >= 15 is 0 Å². The normalized spacial score (nSPS) is 14.1. The molecule has 2 heteroatoms. The minimum absolute atomic E-state index is 0.115. The number of aliphatic hydroxyl groups is 1. The van der Waals surface area contributed by atoms with E-state index in [-0.39, 0.29) is 12.1 Å². The van der Waals surface area contributed by atoms with Crippen LogP contribution in [-0.4, -0.2) is 18.3 Å². The highest BCUT2D eigenvalue weighted by atomic mass is 16.3. The summed E-state index contributed by atoms with van der Waals surface area (Å²) >= 11 is 0. The molecule has 0 aromatic heterocycles. The van der Waals surface area contributed by atoms with Gasteiger partial charge in [0, 0.05) is 0 Å². The molecule has 0 heterocycles. The Morgan fingerprint density at radius 2 is 1.94 bits per heavy atom. The fraction of sp³-hybridized carbons (Fsp3) is 0.500. The lowest BCUT2D eigenvalue weighted by Crippen LogP contribution is -2.43. The molecule has 0 aliphatic heterocycles. The standard InChI is InChI=1S/C16H25NO/c1-3-4-5-6-10-13-17-16(2,14-18)15-11-8-7-9-12-15/h3,7-9,11-12,17-18H,1,4-6,10,13-14H2,2H3. The number of benzene rings is 1. The topological polar surface area (TPSA) is 32.3 Å². The van der Waals surface area contributed by atoms with E-state index in [4.69, 9.17) is 0 Å². The van der Waals surface area contributed by atoms with Gasteiger partial charge in [0.1, 0.15) is 0 Å². The number of hydrogen-bond acceptors (Lipinski definition) is 2. The maximum Gasteiger partial charge on any atom is 0.0652 e. The summed E-state index contributed by atoms with van der Waals surface area (Å²) in [7, 11) is 0. The maximum absolute atomic E-state index is 9.60. The summed E-state index contributed by atoms with van der Waals surface area (Å²) < 4.78 is 0. The lowest BCUT2D eigenvalue weighted by molar-refractivity contribution is 0.174. The van der Waals surface area contributed by atoms with Crippen LogP contribution in [0.2, 0.25) is 0 Å². The minimum atomic E-state index is -0.334. The Balaban J connectivity index is 2.39. The molecule has 0 amide bonds. The highest BCUT2D eigenvalue weighted by molar-refractivity contribution is 5.23. The first kappa shape index (κ1) is 14.9. The van der Waals surface area contributed by atoms with E-state index in [9.17, 15) is 5.11 Å². The molecule has 0 radical (unpaired) electrons. The molecule has 0 aliphatic carbocycles. The molecule has 2 nitrogen and oxygen atoms in total. The average molecular weight is 247 g/mol. The van der Waals surface area contributed by atoms with Crippen LogP contribution in [0.1, 0.15) is 38.2 Å². The van der Waals surface area contributed by atoms with Crippen LogP contribution in [0, 0.1) is 0 Å². The van der Waals surface area contributed by atoms with E-state index in [0.29, 0.717) is 0 Å². The Kier molecular flexibility index (Phi) is 6.69. The number of unbranched alkanes of at least 4 members (excludes halogenated alkanes) is 3. The molecule has 0 saturated heterocycles. The zero-order chi connectivity index (χ0) is 13.3. The van der Waals surface area contributed by atoms with Gasteiger partial charge >= 0.3 is 0 Å². The summed E-state index contributed by atoms with van der Waals surface area (Å²) in [6.45, 7) is 6.82. The fourth-order valence-electron chi connectivity index (χ4n) is 2.01. The van der Waals surface area contributed by atoms with Crippen LogP contribution in [0.3, 0.4) is 0 Å². The van der Waals surface area contributed by atoms with Crippen molar-refractivity contribution >= 4 is 0 Å². The van der Waals surface area contributed by atoms with E-state index < -0.39 is 0 Å². The molecular weight excluding hydrogens is 222 g/mol. The van der Waals surface area contributed by atoms with Crippen molar-refractivity contribution < 1.29 is 5.11 Å². The highest BCUT2D eigenvalue weighted by Crippen LogP contribution is 2.19. The molecule has 1 aromatic carbocycles. The lowest BCUT2D eigenvalue weighted by atomic mass is 9.93. The lowest BCUT2D eigenvalue weighted by Gasteiger charge is -2.29. The van der Waals surface area contributed by atoms with E-state index in [2.05, 4.69) is 24.0 Å². The van der Waals surface area contributed by atoms with Crippen LogP contribution in [0.25, 0.3) is 0 Å². The molecule has 0 saturated carbocycles. The first-order valence-electron chi connectivity index (χ1n) is 6.75. The van der Waals surface area contributed by atoms with Gasteiger partial charge in [-0.1, -0.05) is 42.8 Å². The highest BCUT2D eigenvalue weighted by Gasteiger charge is 2.24. The predicted octanol–water partition coefficient (Wildman–Crippen LogP) is 3.23. The van der Waals surface area contributed by atoms with Crippen molar-refractivity contribution in [3.63, 3.8) is 0 Å². The summed E-state index contributed by atoms with van der Waals surface area (Å²) in [6.07, 6.45) is 6.60. The molecule has 18 heavy (non-hydrogen) atoms. The van der Waals surface area contributed by atoms with Gasteiger partial charge in [0.25, 0.3) is 0 Å². The maximum atomic E-state index is 9.60. The number of rotatable bonds is 9. The third-order valence-electron chi connectivity index (χ3n) is 3.33. The zero-order valence-electron chi connectivity index (χ0n) is 11.4. The quantitative estimate of drug-likeness (QED) is 0.519. The molecule has 1 atom stereocenters. The molecule has 0 spiro atoms. The average Bonchev–Trinajstić information content (AvgIpc) is 2.43. The second-order valence-electron chi connectivity index (χ2n) is 4.92. The van der Waals surface area contributed by atoms with E-state index in [1.54, 1.807) is 0 Å². The smallest absolute Gasteiger partial charge is 0.0652 e. The third-order valence-corrected chi connectivity index (χ3v) is 3.33. The molecule has 0 aliphatic rings. The van der Waals surface area contributed by atoms with Gasteiger partial charge in [-0.15, -0.1) is 6.58 Å². The third kappa shape index (κ3) is 4.63. The predicted molar refractivity (Wildman–Crippen MR) is 77.5 cm³/mol. The number of aliphatic hydroxyl groups excluding tert-OH is 1. The molecule has 1 unspecified atom stereocenters. The molecular formula is C16H25NO. The Morgan fingerprint density at radius 3 is 2.56 bits per heavy atom. The van der Waals surface area contributed by atoms with Crippen molar-refractivity contribution in [3.05, 3.63) is 48.6 Å². The van der Waals surface area contributed by atoms with Gasteiger partial charge < -0.3 is 10.4 Å². The van der Waals surface area contributed by atoms with Gasteiger partial charge in [-0.05, 0) is 38.3 Å². The Hall–Kier alpha value is -1.12. The number of allylic oxidation sites excluding steroid dienone is 1. The Labute approximate surface area is 111 Å². The molecule has 1 aromatic rings. The Bertz CT molecular complexity index is 336. The van der Waals surface area contributed by atoms with Gasteiger partial charge in [0.15, 0.2) is 0 Å². The van der Waals surface area contributed by atoms with Crippen LogP contribution in [0.4, 0.5) is 0 Å². The first-order valence-corrected chi connectivity index (χ1v) is 6.75. The fourth-order valence-corrected chi connectivity index (χ4v) is 2.01. The molecule has 2 N–H and O–H groups in total. The summed E-state index contributed by atoms with van der Waals surface area (Å²) in [4.78, 5) is 0. The van der Waals surface area contributed by atoms with Gasteiger partial charge in [-0.2, -0.15) is 0 Å². The van der Waals surface area contributed by atoms with Gasteiger partial charge in [0.05, 0.1) is 12.1 Å². The van der Waals surface area contributed by atoms with Crippen LogP contribution in [0.15, 0.2) is 43.0 Å². The van der Waals surface area contributed by atoms with E-state index in [0.717, 1.165) is 24.9 Å². The second kappa shape index (κ2) is 8.06. The van der Waals surface area contributed by atoms with Crippen LogP contribution < -0.4 is 5.32 Å². The summed E-state index contributed by atoms with van der Waals surface area (Å²) in [6, 6.07) is 10.1. The van der Waals surface area contributed by atoms with Crippen molar-refractivity contribution in [2.45, 2.75) is 38.1 Å². The van der Waals surface area contributed by atoms with Crippen LogP contribution >= 0.6 is 0 Å². The van der Waals surface area contributed by atoms with Crippen molar-refractivity contribution in [1.29, 1.82) is 0 Å². The number of nitrogens with one attached hydrogen (secondary N) is 1. The molecule has 0 fully saturated rings. The van der Waals surface area contributed by atoms with Crippen molar-refractivity contribution in [2.75, 3.05) is 13.2 Å². The molecule has 1 rings (SSSR count). The minimum Gasteiger partial charge on any atom is -0.394 e. The van der Waals surface area contributed by atoms with Crippen molar-refractivity contribution in [3.8, 4) is 0 Å². The van der Waals surface area contributed by atoms with Crippen molar-refractivity contribution in [2.24, 2.45) is 0 Å². The van der Waals surface area contributed by atoms with Gasteiger partial charge in [0.2, 0.25) is 0 Å². The van der Waals surface area contributed by atoms with Crippen LogP contribution in [0.5, 0.6) is 0 Å². The SMILES string of the molecule is C=CCCCCCNC(C)(CO)c1ccccc1. The van der Waals surface area contributed by atoms with Crippen molar-refractivity contribution in [1.82, 2.24) is 5.32 Å². The summed E-state index contributed by atoms with van der Waals surface area (Å²) in [5, 5.41) is 13.1. The Morgan fingerprint density at radius 1 is 1.22 bits per heavy atom.